The van der Waals surface area contributed by atoms with Gasteiger partial charge in [0.15, 0.2) is 5.96 Å². The van der Waals surface area contributed by atoms with Gasteiger partial charge in [0.25, 0.3) is 0 Å². The molecule has 1 N–H and O–H groups in total. The SMILES string of the molecule is CCNC(=NCC1CC1)N1CCC(=Cc2ccccc2)CC1. The molecule has 0 amide bonds. The minimum absolute atomic E-state index is 0.854. The van der Waals surface area contributed by atoms with Gasteiger partial charge in [-0.25, -0.2) is 0 Å². The maximum absolute atomic E-state index is 4.82. The van der Waals surface area contributed by atoms with Crippen LogP contribution in [0.3, 0.4) is 0 Å². The van der Waals surface area contributed by atoms with Crippen molar-refractivity contribution in [3.63, 3.8) is 0 Å². The van der Waals surface area contributed by atoms with Gasteiger partial charge in [-0.2, -0.15) is 0 Å². The summed E-state index contributed by atoms with van der Waals surface area (Å²) in [7, 11) is 0. The molecular weight excluding hydrogens is 270 g/mol. The van der Waals surface area contributed by atoms with E-state index in [1.54, 1.807) is 5.57 Å². The molecule has 1 saturated carbocycles. The summed E-state index contributed by atoms with van der Waals surface area (Å²) in [5.74, 6) is 1.97. The number of piperidine rings is 1. The number of nitrogens with zero attached hydrogens (tertiary/aromatic N) is 2. The second kappa shape index (κ2) is 7.48. The lowest BCUT2D eigenvalue weighted by molar-refractivity contribution is 0.375. The van der Waals surface area contributed by atoms with Gasteiger partial charge >= 0.3 is 0 Å². The average molecular weight is 297 g/mol. The Morgan fingerprint density at radius 1 is 1.23 bits per heavy atom. The van der Waals surface area contributed by atoms with E-state index in [0.29, 0.717) is 0 Å². The molecule has 0 spiro atoms. The molecule has 1 aliphatic carbocycles. The van der Waals surface area contributed by atoms with Crippen LogP contribution in [-0.4, -0.2) is 37.0 Å². The maximum Gasteiger partial charge on any atom is 0.193 e. The number of rotatable bonds is 4. The molecule has 0 atom stereocenters. The minimum Gasteiger partial charge on any atom is -0.357 e. The molecule has 0 aromatic heterocycles. The third-order valence-electron chi connectivity index (χ3n) is 4.41. The van der Waals surface area contributed by atoms with Crippen LogP contribution >= 0.6 is 0 Å². The molecule has 118 valence electrons. The van der Waals surface area contributed by atoms with Crippen LogP contribution in [0.25, 0.3) is 6.08 Å². The summed E-state index contributed by atoms with van der Waals surface area (Å²) in [6.45, 7) is 6.26. The molecule has 0 radical (unpaired) electrons. The van der Waals surface area contributed by atoms with Crippen LogP contribution in [-0.2, 0) is 0 Å². The predicted molar refractivity (Wildman–Crippen MR) is 93.9 cm³/mol. The van der Waals surface area contributed by atoms with Gasteiger partial charge in [-0.1, -0.05) is 42.0 Å². The number of hydrogen-bond donors (Lipinski definition) is 1. The highest BCUT2D eigenvalue weighted by Gasteiger charge is 2.22. The number of guanidine groups is 1. The minimum atomic E-state index is 0.854. The average Bonchev–Trinajstić information content (AvgIpc) is 3.38. The topological polar surface area (TPSA) is 27.6 Å². The monoisotopic (exact) mass is 297 g/mol. The molecule has 0 bridgehead atoms. The summed E-state index contributed by atoms with van der Waals surface area (Å²) >= 11 is 0. The van der Waals surface area contributed by atoms with E-state index < -0.39 is 0 Å². The van der Waals surface area contributed by atoms with Crippen LogP contribution in [0.15, 0.2) is 40.9 Å². The highest BCUT2D eigenvalue weighted by Crippen LogP contribution is 2.29. The van der Waals surface area contributed by atoms with Crippen molar-refractivity contribution in [3.8, 4) is 0 Å². The first-order valence-electron chi connectivity index (χ1n) is 8.63. The molecule has 1 aliphatic heterocycles. The Morgan fingerprint density at radius 3 is 2.59 bits per heavy atom. The van der Waals surface area contributed by atoms with Gasteiger partial charge in [-0.05, 0) is 44.1 Å². The highest BCUT2D eigenvalue weighted by molar-refractivity contribution is 5.80. The van der Waals surface area contributed by atoms with Crippen molar-refractivity contribution < 1.29 is 0 Å². The molecule has 2 aliphatic rings. The van der Waals surface area contributed by atoms with E-state index in [0.717, 1.165) is 50.9 Å². The van der Waals surface area contributed by atoms with Crippen LogP contribution in [0.2, 0.25) is 0 Å². The van der Waals surface area contributed by atoms with Crippen molar-refractivity contribution in [3.05, 3.63) is 41.5 Å². The zero-order chi connectivity index (χ0) is 15.2. The lowest BCUT2D eigenvalue weighted by Crippen LogP contribution is -2.44. The maximum atomic E-state index is 4.82. The highest BCUT2D eigenvalue weighted by atomic mass is 15.3. The van der Waals surface area contributed by atoms with Gasteiger partial charge in [0.05, 0.1) is 0 Å². The van der Waals surface area contributed by atoms with Crippen molar-refractivity contribution >= 4 is 12.0 Å². The molecular formula is C19H27N3. The van der Waals surface area contributed by atoms with E-state index in [4.69, 9.17) is 4.99 Å². The summed E-state index contributed by atoms with van der Waals surface area (Å²) in [6, 6.07) is 10.6. The fraction of sp³-hybridized carbons (Fsp3) is 0.526. The Hall–Kier alpha value is -1.77. The molecule has 1 aromatic rings. The molecule has 3 heteroatoms. The third kappa shape index (κ3) is 4.36. The first-order chi connectivity index (χ1) is 10.8. The molecule has 1 saturated heterocycles. The Labute approximate surface area is 134 Å². The van der Waals surface area contributed by atoms with Gasteiger partial charge in [0.1, 0.15) is 0 Å². The first-order valence-corrected chi connectivity index (χ1v) is 8.63. The van der Waals surface area contributed by atoms with Crippen molar-refractivity contribution in [2.75, 3.05) is 26.2 Å². The van der Waals surface area contributed by atoms with Gasteiger partial charge in [-0.3, -0.25) is 4.99 Å². The normalized spacial score (nSPS) is 19.2. The number of nitrogens with one attached hydrogen (secondary N) is 1. The molecule has 1 heterocycles. The summed E-state index contributed by atoms with van der Waals surface area (Å²) in [6.07, 6.45) is 7.37. The number of hydrogen-bond acceptors (Lipinski definition) is 1. The van der Waals surface area contributed by atoms with Crippen molar-refractivity contribution in [1.29, 1.82) is 0 Å². The zero-order valence-electron chi connectivity index (χ0n) is 13.6. The van der Waals surface area contributed by atoms with Crippen LogP contribution in [0.4, 0.5) is 0 Å². The summed E-state index contributed by atoms with van der Waals surface area (Å²) in [4.78, 5) is 7.24. The number of benzene rings is 1. The second-order valence-electron chi connectivity index (χ2n) is 6.34. The molecule has 3 rings (SSSR count). The van der Waals surface area contributed by atoms with Crippen LogP contribution in [0, 0.1) is 5.92 Å². The molecule has 3 nitrogen and oxygen atoms in total. The summed E-state index contributed by atoms with van der Waals surface area (Å²) in [5.41, 5.74) is 2.88. The second-order valence-corrected chi connectivity index (χ2v) is 6.34. The fourth-order valence-corrected chi connectivity index (χ4v) is 2.88. The Morgan fingerprint density at radius 2 is 1.95 bits per heavy atom. The predicted octanol–water partition coefficient (Wildman–Crippen LogP) is 3.54. The lowest BCUT2D eigenvalue weighted by Gasteiger charge is -2.31. The smallest absolute Gasteiger partial charge is 0.193 e. The molecule has 2 fully saturated rings. The van der Waals surface area contributed by atoms with E-state index in [-0.39, 0.29) is 0 Å². The van der Waals surface area contributed by atoms with Crippen molar-refractivity contribution in [2.24, 2.45) is 10.9 Å². The van der Waals surface area contributed by atoms with Gasteiger partial charge < -0.3 is 10.2 Å². The largest absolute Gasteiger partial charge is 0.357 e. The van der Waals surface area contributed by atoms with Gasteiger partial charge in [0.2, 0.25) is 0 Å². The third-order valence-corrected chi connectivity index (χ3v) is 4.41. The Balaban J connectivity index is 1.57. The number of likely N-dealkylation sites (tertiary alicyclic amines) is 1. The summed E-state index contributed by atoms with van der Waals surface area (Å²) in [5, 5.41) is 3.46. The lowest BCUT2D eigenvalue weighted by atomic mass is 10.0. The molecule has 0 unspecified atom stereocenters. The van der Waals surface area contributed by atoms with Gasteiger partial charge in [0, 0.05) is 26.2 Å². The summed E-state index contributed by atoms with van der Waals surface area (Å²) < 4.78 is 0. The number of aliphatic imine (C=N–C) groups is 1. The fourth-order valence-electron chi connectivity index (χ4n) is 2.88. The quantitative estimate of drug-likeness (QED) is 0.680. The Kier molecular flexibility index (Phi) is 5.15. The zero-order valence-corrected chi connectivity index (χ0v) is 13.6. The van der Waals surface area contributed by atoms with E-state index in [9.17, 15) is 0 Å². The van der Waals surface area contributed by atoms with Crippen LogP contribution in [0.5, 0.6) is 0 Å². The standard InChI is InChI=1S/C19H27N3/c1-2-20-19(21-15-18-8-9-18)22-12-10-17(11-13-22)14-16-6-4-3-5-7-16/h3-7,14,18H,2,8-13,15H2,1H3,(H,20,21). The van der Waals surface area contributed by atoms with E-state index >= 15 is 0 Å². The van der Waals surface area contributed by atoms with Gasteiger partial charge in [-0.15, -0.1) is 0 Å². The van der Waals surface area contributed by atoms with Crippen LogP contribution in [0.1, 0.15) is 38.2 Å². The first kappa shape index (κ1) is 15.1. The van der Waals surface area contributed by atoms with E-state index in [1.165, 1.54) is 18.4 Å². The Bertz CT molecular complexity index is 519. The van der Waals surface area contributed by atoms with E-state index in [2.05, 4.69) is 53.5 Å². The van der Waals surface area contributed by atoms with Crippen molar-refractivity contribution in [1.82, 2.24) is 10.2 Å². The van der Waals surface area contributed by atoms with Crippen LogP contribution < -0.4 is 5.32 Å². The molecule has 1 aromatic carbocycles. The molecule has 22 heavy (non-hydrogen) atoms. The van der Waals surface area contributed by atoms with E-state index in [1.807, 2.05) is 0 Å². The van der Waals surface area contributed by atoms with Crippen molar-refractivity contribution in [2.45, 2.75) is 32.6 Å².